The number of aromatic nitrogens is 4. The van der Waals surface area contributed by atoms with Crippen LogP contribution in [0.25, 0.3) is 16.6 Å². The zero-order valence-corrected chi connectivity index (χ0v) is 8.74. The number of hydrogen-bond donors (Lipinski definition) is 0. The maximum absolute atomic E-state index is 12.0. The van der Waals surface area contributed by atoms with Gasteiger partial charge in [0.15, 0.2) is 5.65 Å². The lowest BCUT2D eigenvalue weighted by atomic mass is 10.3. The maximum Gasteiger partial charge on any atom is 0.262 e. The number of nitrogens with zero attached hydrogens (tertiary/aromatic N) is 5. The molecule has 0 aliphatic heterocycles. The minimum atomic E-state index is -0.228. The summed E-state index contributed by atoms with van der Waals surface area (Å²) in [6, 6.07) is 5.47. The number of rotatable bonds is 1. The number of hydrogen-bond acceptors (Lipinski definition) is 4. The monoisotopic (exact) mass is 225 g/mol. The molecule has 17 heavy (non-hydrogen) atoms. The van der Waals surface area contributed by atoms with E-state index < -0.39 is 0 Å². The van der Waals surface area contributed by atoms with Crippen LogP contribution in [0.3, 0.4) is 0 Å². The van der Waals surface area contributed by atoms with Crippen molar-refractivity contribution in [1.82, 2.24) is 19.2 Å². The van der Waals surface area contributed by atoms with Crippen molar-refractivity contribution in [1.29, 1.82) is 5.26 Å². The summed E-state index contributed by atoms with van der Waals surface area (Å²) in [5.74, 6) is 0. The molecule has 0 aliphatic rings. The number of fused-ring (bicyclic) bond motifs is 3. The quantitative estimate of drug-likeness (QED) is 0.606. The molecule has 0 saturated carbocycles. The van der Waals surface area contributed by atoms with Crippen LogP contribution < -0.4 is 5.56 Å². The van der Waals surface area contributed by atoms with Gasteiger partial charge in [-0.2, -0.15) is 10.4 Å². The van der Waals surface area contributed by atoms with Gasteiger partial charge in [0.25, 0.3) is 5.56 Å². The van der Waals surface area contributed by atoms with Crippen LogP contribution in [0.15, 0.2) is 35.5 Å². The van der Waals surface area contributed by atoms with E-state index in [0.29, 0.717) is 16.6 Å². The summed E-state index contributed by atoms with van der Waals surface area (Å²) in [4.78, 5) is 16.2. The maximum atomic E-state index is 12.0. The second-order valence-corrected chi connectivity index (χ2v) is 3.57. The standard InChI is InChI=1S/C11H7N5O/c12-3-6-15-5-2-9-8(11(15)17)7-13-10-1-4-14-16(9)10/h1-2,4-5,7H,6H2. The largest absolute Gasteiger partial charge is 0.301 e. The molecular formula is C11H7N5O. The van der Waals surface area contributed by atoms with Crippen LogP contribution in [0.1, 0.15) is 0 Å². The summed E-state index contributed by atoms with van der Waals surface area (Å²) in [6.45, 7) is 0.0336. The molecule has 3 rings (SSSR count). The lowest BCUT2D eigenvalue weighted by Gasteiger charge is -2.03. The molecule has 3 heterocycles. The fraction of sp³-hybridized carbons (Fsp3) is 0.0909. The summed E-state index contributed by atoms with van der Waals surface area (Å²) in [7, 11) is 0. The van der Waals surface area contributed by atoms with E-state index in [0.717, 1.165) is 0 Å². The van der Waals surface area contributed by atoms with Gasteiger partial charge in [0.2, 0.25) is 0 Å². The van der Waals surface area contributed by atoms with Gasteiger partial charge in [-0.1, -0.05) is 0 Å². The Kier molecular flexibility index (Phi) is 1.92. The smallest absolute Gasteiger partial charge is 0.262 e. The molecule has 0 saturated heterocycles. The van der Waals surface area contributed by atoms with Crippen LogP contribution in [0.4, 0.5) is 0 Å². The van der Waals surface area contributed by atoms with Gasteiger partial charge in [-0.25, -0.2) is 9.50 Å². The van der Waals surface area contributed by atoms with E-state index >= 15 is 0 Å². The zero-order chi connectivity index (χ0) is 11.8. The third-order valence-corrected chi connectivity index (χ3v) is 2.60. The Morgan fingerprint density at radius 1 is 1.41 bits per heavy atom. The van der Waals surface area contributed by atoms with Gasteiger partial charge in [-0.3, -0.25) is 4.79 Å². The highest BCUT2D eigenvalue weighted by molar-refractivity contribution is 5.78. The first-order valence-electron chi connectivity index (χ1n) is 5.00. The van der Waals surface area contributed by atoms with Crippen LogP contribution in [0.2, 0.25) is 0 Å². The van der Waals surface area contributed by atoms with E-state index in [-0.39, 0.29) is 12.1 Å². The molecule has 0 radical (unpaired) electrons. The van der Waals surface area contributed by atoms with Crippen molar-refractivity contribution in [3.05, 3.63) is 41.1 Å². The Labute approximate surface area is 95.4 Å². The van der Waals surface area contributed by atoms with E-state index in [1.165, 1.54) is 10.8 Å². The highest BCUT2D eigenvalue weighted by Gasteiger charge is 2.06. The predicted molar refractivity (Wildman–Crippen MR) is 60.4 cm³/mol. The minimum absolute atomic E-state index is 0.0336. The van der Waals surface area contributed by atoms with Gasteiger partial charge in [0, 0.05) is 18.5 Å². The molecule has 0 unspecified atom stereocenters. The van der Waals surface area contributed by atoms with Crippen molar-refractivity contribution in [3.8, 4) is 6.07 Å². The molecule has 3 aromatic heterocycles. The Morgan fingerprint density at radius 2 is 2.29 bits per heavy atom. The van der Waals surface area contributed by atoms with Crippen molar-refractivity contribution in [2.45, 2.75) is 6.54 Å². The van der Waals surface area contributed by atoms with Crippen LogP contribution in [-0.4, -0.2) is 19.2 Å². The first kappa shape index (κ1) is 9.54. The van der Waals surface area contributed by atoms with Crippen molar-refractivity contribution >= 4 is 16.6 Å². The first-order valence-corrected chi connectivity index (χ1v) is 5.00. The van der Waals surface area contributed by atoms with Crippen LogP contribution in [-0.2, 0) is 6.54 Å². The molecule has 6 nitrogen and oxygen atoms in total. The summed E-state index contributed by atoms with van der Waals surface area (Å²) >= 11 is 0. The fourth-order valence-corrected chi connectivity index (χ4v) is 1.80. The third kappa shape index (κ3) is 1.29. The molecular weight excluding hydrogens is 218 g/mol. The van der Waals surface area contributed by atoms with Crippen molar-refractivity contribution in [2.75, 3.05) is 0 Å². The van der Waals surface area contributed by atoms with Crippen molar-refractivity contribution < 1.29 is 0 Å². The van der Waals surface area contributed by atoms with Gasteiger partial charge in [0.1, 0.15) is 6.54 Å². The average molecular weight is 225 g/mol. The molecule has 0 fully saturated rings. The first-order chi connectivity index (χ1) is 8.31. The second kappa shape index (κ2) is 3.42. The number of pyridine rings is 1. The summed E-state index contributed by atoms with van der Waals surface area (Å²) < 4.78 is 2.95. The summed E-state index contributed by atoms with van der Waals surface area (Å²) in [6.07, 6.45) is 4.74. The Balaban J connectivity index is 2.45. The summed E-state index contributed by atoms with van der Waals surface area (Å²) in [5.41, 5.74) is 1.16. The molecule has 0 aromatic carbocycles. The number of nitriles is 1. The van der Waals surface area contributed by atoms with Crippen LogP contribution in [0.5, 0.6) is 0 Å². The van der Waals surface area contributed by atoms with E-state index in [2.05, 4.69) is 10.1 Å². The second-order valence-electron chi connectivity index (χ2n) is 3.57. The Morgan fingerprint density at radius 3 is 3.12 bits per heavy atom. The molecule has 6 heteroatoms. The average Bonchev–Trinajstić information content (AvgIpc) is 2.81. The van der Waals surface area contributed by atoms with Gasteiger partial charge in [0.05, 0.1) is 23.2 Å². The van der Waals surface area contributed by atoms with Gasteiger partial charge in [-0.05, 0) is 6.07 Å². The molecule has 0 bridgehead atoms. The molecule has 3 aromatic rings. The Hall–Kier alpha value is -2.68. The molecule has 0 N–H and O–H groups in total. The van der Waals surface area contributed by atoms with E-state index in [4.69, 9.17) is 5.26 Å². The topological polar surface area (TPSA) is 76.0 Å². The zero-order valence-electron chi connectivity index (χ0n) is 8.74. The molecule has 0 amide bonds. The van der Waals surface area contributed by atoms with Crippen molar-refractivity contribution in [3.63, 3.8) is 0 Å². The normalized spacial score (nSPS) is 10.8. The molecule has 0 aliphatic carbocycles. The lowest BCUT2D eigenvalue weighted by Crippen LogP contribution is -2.19. The van der Waals surface area contributed by atoms with E-state index in [1.807, 2.05) is 6.07 Å². The van der Waals surface area contributed by atoms with Gasteiger partial charge >= 0.3 is 0 Å². The van der Waals surface area contributed by atoms with Crippen molar-refractivity contribution in [2.24, 2.45) is 0 Å². The molecule has 82 valence electrons. The van der Waals surface area contributed by atoms with Crippen LogP contribution in [0, 0.1) is 11.3 Å². The van der Waals surface area contributed by atoms with Crippen LogP contribution >= 0.6 is 0 Å². The minimum Gasteiger partial charge on any atom is -0.301 e. The molecule has 0 atom stereocenters. The van der Waals surface area contributed by atoms with Gasteiger partial charge < -0.3 is 4.57 Å². The predicted octanol–water partition coefficient (Wildman–Crippen LogP) is 0.568. The summed E-state index contributed by atoms with van der Waals surface area (Å²) in [5, 5.41) is 13.2. The lowest BCUT2D eigenvalue weighted by molar-refractivity contribution is 0.794. The third-order valence-electron chi connectivity index (χ3n) is 2.60. The van der Waals surface area contributed by atoms with Gasteiger partial charge in [-0.15, -0.1) is 0 Å². The Bertz CT molecular complexity index is 808. The SMILES string of the molecule is N#CCn1ccc2c(cnc3ccnn32)c1=O. The fourth-order valence-electron chi connectivity index (χ4n) is 1.80. The molecule has 0 spiro atoms. The van der Waals surface area contributed by atoms with E-state index in [1.54, 1.807) is 29.0 Å². The highest BCUT2D eigenvalue weighted by atomic mass is 16.1. The highest BCUT2D eigenvalue weighted by Crippen LogP contribution is 2.09. The van der Waals surface area contributed by atoms with E-state index in [9.17, 15) is 4.79 Å².